The van der Waals surface area contributed by atoms with Gasteiger partial charge in [0, 0.05) is 78.1 Å². The van der Waals surface area contributed by atoms with Gasteiger partial charge in [0.15, 0.2) is 0 Å². The average molecular weight is 468 g/mol. The Morgan fingerprint density at radius 3 is 0.667 bits per heavy atom. The van der Waals surface area contributed by atoms with E-state index in [4.69, 9.17) is 51.1 Å². The fraction of sp³-hybridized carbons (Fsp3) is 0.600. The molecule has 0 aromatic carbocycles. The first-order chi connectivity index (χ1) is 8.84. The van der Waals surface area contributed by atoms with Crippen LogP contribution in [0.2, 0.25) is 0 Å². The van der Waals surface area contributed by atoms with Crippen molar-refractivity contribution in [3.05, 3.63) is 0 Å². The number of nitrogens with two attached hydrogens (primary N) is 2. The predicted molar refractivity (Wildman–Crippen MR) is 71.3 cm³/mol. The molecule has 0 amide bonds. The van der Waals surface area contributed by atoms with E-state index in [1.807, 2.05) is 0 Å². The summed E-state index contributed by atoms with van der Waals surface area (Å²) in [4.78, 5) is 36.0. The van der Waals surface area contributed by atoms with Crippen LogP contribution in [0.15, 0.2) is 0 Å². The molecule has 0 aliphatic rings. The molecule has 0 aromatic heterocycles. The van der Waals surface area contributed by atoms with Gasteiger partial charge in [0.2, 0.25) is 0 Å². The summed E-state index contributed by atoms with van der Waals surface area (Å²) < 4.78 is 0. The molecule has 0 fully saturated rings. The zero-order chi connectivity index (χ0) is 17.7. The smallest absolute Gasteiger partial charge is 0.300 e. The predicted octanol–water partition coefficient (Wildman–Crippen LogP) is -0.733. The van der Waals surface area contributed by atoms with E-state index in [0.29, 0.717) is 13.1 Å². The second-order valence-electron chi connectivity index (χ2n) is 2.65. The van der Waals surface area contributed by atoms with E-state index < -0.39 is 23.9 Å². The Balaban J connectivity index is -0.0000000331. The Morgan fingerprint density at radius 1 is 0.619 bits per heavy atom. The molecule has 8 N–H and O–H groups in total. The molecule has 0 unspecified atom stereocenters. The van der Waals surface area contributed by atoms with Gasteiger partial charge in [-0.2, -0.15) is 0 Å². The fourth-order valence-electron chi connectivity index (χ4n) is 0. The molecule has 0 atom stereocenters. The molecule has 21 heavy (non-hydrogen) atoms. The van der Waals surface area contributed by atoms with Gasteiger partial charge < -0.3 is 31.9 Å². The summed E-state index contributed by atoms with van der Waals surface area (Å²) in [5.74, 6) is -3.33. The van der Waals surface area contributed by atoms with E-state index in [2.05, 4.69) is 0 Å². The first-order valence-corrected chi connectivity index (χ1v) is 5.03. The summed E-state index contributed by atoms with van der Waals surface area (Å²) in [7, 11) is 0. The summed E-state index contributed by atoms with van der Waals surface area (Å²) in [5.41, 5.74) is 9.81. The molecule has 0 heterocycles. The molecule has 0 radical (unpaired) electrons. The van der Waals surface area contributed by atoms with Crippen molar-refractivity contribution in [2.75, 3.05) is 13.1 Å². The Kier molecular flexibility index (Phi) is 64.0. The monoisotopic (exact) mass is 466 g/mol. The molecule has 0 saturated heterocycles. The van der Waals surface area contributed by atoms with Crippen LogP contribution in [-0.2, 0) is 19.2 Å². The number of hydrogen-bond donors (Lipinski definition) is 6. The van der Waals surface area contributed by atoms with E-state index in [0.717, 1.165) is 27.7 Å². The quantitative estimate of drug-likeness (QED) is 0.285. The molecule has 0 aromatic rings. The number of hydrogen-bond acceptors (Lipinski definition) is 6. The Labute approximate surface area is 152 Å². The van der Waals surface area contributed by atoms with Crippen LogP contribution in [-0.4, -0.2) is 57.4 Å². The molecule has 0 saturated carbocycles. The van der Waals surface area contributed by atoms with E-state index in [1.165, 1.54) is 0 Å². The summed E-state index contributed by atoms with van der Waals surface area (Å²) >= 11 is 0. The third-order valence-corrected chi connectivity index (χ3v) is 0.167. The van der Waals surface area contributed by atoms with E-state index in [9.17, 15) is 0 Å². The Hall–Kier alpha value is -0.953. The van der Waals surface area contributed by atoms with Crippen molar-refractivity contribution in [2.45, 2.75) is 27.7 Å². The number of rotatable bonds is 1. The van der Waals surface area contributed by atoms with Crippen molar-refractivity contribution < 1.29 is 76.9 Å². The molecule has 10 nitrogen and oxygen atoms in total. The second-order valence-corrected chi connectivity index (χ2v) is 2.65. The Bertz CT molecular complexity index is 195. The van der Waals surface area contributed by atoms with Crippen molar-refractivity contribution in [2.24, 2.45) is 11.5 Å². The van der Waals surface area contributed by atoms with Crippen LogP contribution < -0.4 is 11.5 Å². The van der Waals surface area contributed by atoms with Gasteiger partial charge in [0.1, 0.15) is 0 Å². The van der Waals surface area contributed by atoms with E-state index in [1.54, 1.807) is 0 Å². The van der Waals surface area contributed by atoms with Crippen LogP contribution in [0.1, 0.15) is 27.7 Å². The summed E-state index contributed by atoms with van der Waals surface area (Å²) in [6.07, 6.45) is 0. The molecule has 0 spiro atoms. The summed E-state index contributed by atoms with van der Waals surface area (Å²) in [6.45, 7) is 5.53. The molecule has 0 bridgehead atoms. The average Bonchev–Trinajstić information content (AvgIpc) is 2.13. The number of carboxylic acids is 4. The van der Waals surface area contributed by atoms with Crippen molar-refractivity contribution in [3.63, 3.8) is 0 Å². The third-order valence-electron chi connectivity index (χ3n) is 0.167. The largest absolute Gasteiger partial charge is 0.481 e. The SMILES string of the molecule is CC(=O)O.CC(=O)O.CC(=O)O.CC(=O)O.NCCN.[Er]. The van der Waals surface area contributed by atoms with Gasteiger partial charge in [-0.1, -0.05) is 0 Å². The first-order valence-electron chi connectivity index (χ1n) is 5.03. The zero-order valence-electron chi connectivity index (χ0n) is 12.3. The number of aliphatic carboxylic acids is 4. The number of carboxylic acid groups (broad SMARTS) is 4. The maximum absolute atomic E-state index is 9.00. The Morgan fingerprint density at radius 2 is 0.667 bits per heavy atom. The standard InChI is InChI=1S/C2H8N2.4C2H4O2.Er/c3-1-2-4;4*1-2(3)4;/h1-4H2;4*1H3,(H,3,4);. The minimum Gasteiger partial charge on any atom is -0.481 e. The second kappa shape index (κ2) is 36.4. The normalized spacial score (nSPS) is 6.19. The van der Waals surface area contributed by atoms with Gasteiger partial charge in [0.25, 0.3) is 23.9 Å². The topological polar surface area (TPSA) is 201 Å². The first kappa shape index (κ1) is 36.9. The van der Waals surface area contributed by atoms with Crippen molar-refractivity contribution in [3.8, 4) is 0 Å². The minimum atomic E-state index is -0.833. The molecule has 11 heteroatoms. The minimum absolute atomic E-state index is 0. The van der Waals surface area contributed by atoms with Crippen molar-refractivity contribution >= 4 is 23.9 Å². The third kappa shape index (κ3) is 2530000. The molecule has 0 aliphatic heterocycles. The maximum atomic E-state index is 9.00. The molecule has 0 rings (SSSR count). The molecular weight excluding hydrogens is 443 g/mol. The molecule has 0 aliphatic carbocycles. The van der Waals surface area contributed by atoms with Crippen LogP contribution in [0.5, 0.6) is 0 Å². The van der Waals surface area contributed by atoms with Crippen LogP contribution in [0.3, 0.4) is 0 Å². The van der Waals surface area contributed by atoms with Crippen LogP contribution in [0, 0.1) is 37.3 Å². The summed E-state index contributed by atoms with van der Waals surface area (Å²) in [6, 6.07) is 0. The van der Waals surface area contributed by atoms with Crippen LogP contribution >= 0.6 is 0 Å². The van der Waals surface area contributed by atoms with Gasteiger partial charge >= 0.3 is 0 Å². The van der Waals surface area contributed by atoms with Gasteiger partial charge in [-0.3, -0.25) is 19.2 Å². The maximum Gasteiger partial charge on any atom is 0.300 e. The van der Waals surface area contributed by atoms with Gasteiger partial charge in [-0.25, -0.2) is 0 Å². The van der Waals surface area contributed by atoms with Gasteiger partial charge in [0.05, 0.1) is 0 Å². The van der Waals surface area contributed by atoms with Crippen molar-refractivity contribution in [1.82, 2.24) is 0 Å². The number of carbonyl (C=O) groups is 4. The van der Waals surface area contributed by atoms with Crippen LogP contribution in [0.4, 0.5) is 0 Å². The molecule has 134 valence electrons. The van der Waals surface area contributed by atoms with E-state index >= 15 is 0 Å². The van der Waals surface area contributed by atoms with Gasteiger partial charge in [-0.15, -0.1) is 0 Å². The van der Waals surface area contributed by atoms with E-state index in [-0.39, 0.29) is 37.3 Å². The summed E-state index contributed by atoms with van der Waals surface area (Å²) in [5, 5.41) is 29.7. The van der Waals surface area contributed by atoms with Crippen LogP contribution in [0.25, 0.3) is 0 Å². The molecular formula is C10H24ErN2O8. The van der Waals surface area contributed by atoms with Gasteiger partial charge in [-0.05, 0) is 0 Å². The zero-order valence-corrected chi connectivity index (χ0v) is 14.1. The fourth-order valence-corrected chi connectivity index (χ4v) is 0. The van der Waals surface area contributed by atoms with Crippen molar-refractivity contribution in [1.29, 1.82) is 0 Å².